The van der Waals surface area contributed by atoms with Crippen LogP contribution in [0.5, 0.6) is 0 Å². The summed E-state index contributed by atoms with van der Waals surface area (Å²) in [5.74, 6) is 0.672. The molecule has 0 saturated heterocycles. The number of hydrogen-bond donors (Lipinski definition) is 0. The standard InChI is InChI=1S/C22H27N/c1-20(2)19-23(17-9-15-21-11-5-3-6-12-21)18-10-16-22-13-7-4-8-14-22/h3-16,20H,17-19H2,1-2H3. The summed E-state index contributed by atoms with van der Waals surface area (Å²) in [7, 11) is 0. The molecule has 0 aromatic heterocycles. The number of hydrogen-bond acceptors (Lipinski definition) is 1. The molecule has 0 saturated carbocycles. The van der Waals surface area contributed by atoms with Crippen molar-refractivity contribution in [2.24, 2.45) is 5.92 Å². The second kappa shape index (κ2) is 9.81. The van der Waals surface area contributed by atoms with E-state index in [1.54, 1.807) is 0 Å². The first-order chi connectivity index (χ1) is 11.2. The van der Waals surface area contributed by atoms with Gasteiger partial charge in [0, 0.05) is 19.6 Å². The van der Waals surface area contributed by atoms with E-state index in [1.165, 1.54) is 11.1 Å². The van der Waals surface area contributed by atoms with Gasteiger partial charge in [-0.05, 0) is 17.0 Å². The number of rotatable bonds is 8. The van der Waals surface area contributed by atoms with Crippen LogP contribution in [0.25, 0.3) is 12.2 Å². The van der Waals surface area contributed by atoms with Crippen molar-refractivity contribution in [2.45, 2.75) is 13.8 Å². The molecule has 0 spiro atoms. The first-order valence-corrected chi connectivity index (χ1v) is 8.39. The van der Waals surface area contributed by atoms with E-state index >= 15 is 0 Å². The van der Waals surface area contributed by atoms with Gasteiger partial charge in [0.2, 0.25) is 0 Å². The van der Waals surface area contributed by atoms with Gasteiger partial charge in [0.15, 0.2) is 0 Å². The highest BCUT2D eigenvalue weighted by molar-refractivity contribution is 5.49. The largest absolute Gasteiger partial charge is 0.296 e. The van der Waals surface area contributed by atoms with Crippen LogP contribution < -0.4 is 0 Å². The van der Waals surface area contributed by atoms with Gasteiger partial charge in [0.1, 0.15) is 0 Å². The van der Waals surface area contributed by atoms with E-state index < -0.39 is 0 Å². The van der Waals surface area contributed by atoms with Crippen LogP contribution in [-0.4, -0.2) is 24.5 Å². The number of nitrogens with zero attached hydrogens (tertiary/aromatic N) is 1. The van der Waals surface area contributed by atoms with Gasteiger partial charge in [0.25, 0.3) is 0 Å². The molecule has 2 aromatic carbocycles. The first-order valence-electron chi connectivity index (χ1n) is 8.39. The van der Waals surface area contributed by atoms with Crippen molar-refractivity contribution in [3.63, 3.8) is 0 Å². The van der Waals surface area contributed by atoms with Crippen LogP contribution in [0, 0.1) is 5.92 Å². The lowest BCUT2D eigenvalue weighted by molar-refractivity contribution is 0.296. The second-order valence-electron chi connectivity index (χ2n) is 6.24. The zero-order valence-electron chi connectivity index (χ0n) is 14.2. The average Bonchev–Trinajstić information content (AvgIpc) is 2.56. The molecule has 2 rings (SSSR count). The van der Waals surface area contributed by atoms with Gasteiger partial charge in [-0.2, -0.15) is 0 Å². The Bertz CT molecular complexity index is 545. The molecular formula is C22H27N. The highest BCUT2D eigenvalue weighted by Gasteiger charge is 2.03. The molecule has 2 aromatic rings. The van der Waals surface area contributed by atoms with E-state index in [4.69, 9.17) is 0 Å². The van der Waals surface area contributed by atoms with Gasteiger partial charge in [-0.15, -0.1) is 0 Å². The fourth-order valence-corrected chi connectivity index (χ4v) is 2.54. The van der Waals surface area contributed by atoms with E-state index in [1.807, 2.05) is 0 Å². The summed E-state index contributed by atoms with van der Waals surface area (Å²) in [6.07, 6.45) is 8.92. The summed E-state index contributed by atoms with van der Waals surface area (Å²) >= 11 is 0. The summed E-state index contributed by atoms with van der Waals surface area (Å²) in [6, 6.07) is 21.0. The normalized spacial score (nSPS) is 12.0. The second-order valence-corrected chi connectivity index (χ2v) is 6.24. The number of benzene rings is 2. The maximum absolute atomic E-state index is 2.48. The van der Waals surface area contributed by atoms with Crippen molar-refractivity contribution in [3.05, 3.63) is 83.9 Å². The monoisotopic (exact) mass is 305 g/mol. The molecule has 0 radical (unpaired) electrons. The molecule has 0 fully saturated rings. The molecule has 0 aliphatic rings. The molecule has 1 nitrogen and oxygen atoms in total. The highest BCUT2D eigenvalue weighted by atomic mass is 15.1. The lowest BCUT2D eigenvalue weighted by Crippen LogP contribution is -2.28. The van der Waals surface area contributed by atoms with Gasteiger partial charge in [-0.3, -0.25) is 4.90 Å². The molecule has 0 aliphatic heterocycles. The average molecular weight is 305 g/mol. The quantitative estimate of drug-likeness (QED) is 0.633. The topological polar surface area (TPSA) is 3.24 Å². The maximum Gasteiger partial charge on any atom is 0.0169 e. The third-order valence-electron chi connectivity index (χ3n) is 3.57. The van der Waals surface area contributed by atoms with Crippen molar-refractivity contribution < 1.29 is 0 Å². The van der Waals surface area contributed by atoms with Gasteiger partial charge in [-0.1, -0.05) is 98.8 Å². The summed E-state index contributed by atoms with van der Waals surface area (Å²) in [6.45, 7) is 7.61. The van der Waals surface area contributed by atoms with E-state index in [9.17, 15) is 0 Å². The Morgan fingerprint density at radius 3 is 1.57 bits per heavy atom. The Balaban J connectivity index is 1.89. The lowest BCUT2D eigenvalue weighted by atomic mass is 10.2. The zero-order valence-corrected chi connectivity index (χ0v) is 14.2. The molecule has 0 amide bonds. The van der Waals surface area contributed by atoms with Crippen LogP contribution >= 0.6 is 0 Å². The van der Waals surface area contributed by atoms with Gasteiger partial charge in [-0.25, -0.2) is 0 Å². The molecule has 0 heterocycles. The molecule has 0 bridgehead atoms. The summed E-state index contributed by atoms with van der Waals surface area (Å²) < 4.78 is 0. The minimum absolute atomic E-state index is 0.672. The van der Waals surface area contributed by atoms with Crippen LogP contribution in [0.15, 0.2) is 72.8 Å². The fourth-order valence-electron chi connectivity index (χ4n) is 2.54. The van der Waals surface area contributed by atoms with Crippen LogP contribution in [0.3, 0.4) is 0 Å². The molecule has 23 heavy (non-hydrogen) atoms. The zero-order chi connectivity index (χ0) is 16.3. The smallest absolute Gasteiger partial charge is 0.0169 e. The van der Waals surface area contributed by atoms with E-state index in [0.717, 1.165) is 19.6 Å². The van der Waals surface area contributed by atoms with Crippen molar-refractivity contribution in [1.82, 2.24) is 4.90 Å². The third kappa shape index (κ3) is 7.12. The molecule has 120 valence electrons. The Morgan fingerprint density at radius 1 is 0.739 bits per heavy atom. The van der Waals surface area contributed by atoms with E-state index in [-0.39, 0.29) is 0 Å². The molecular weight excluding hydrogens is 278 g/mol. The fraction of sp³-hybridized carbons (Fsp3) is 0.273. The van der Waals surface area contributed by atoms with E-state index in [0.29, 0.717) is 5.92 Å². The Morgan fingerprint density at radius 2 is 1.17 bits per heavy atom. The molecule has 0 aliphatic carbocycles. The van der Waals surface area contributed by atoms with E-state index in [2.05, 4.69) is 104 Å². The predicted octanol–water partition coefficient (Wildman–Crippen LogP) is 5.37. The summed E-state index contributed by atoms with van der Waals surface area (Å²) in [5.41, 5.74) is 2.52. The first kappa shape index (κ1) is 17.2. The van der Waals surface area contributed by atoms with Crippen molar-refractivity contribution in [2.75, 3.05) is 19.6 Å². The SMILES string of the molecule is CC(C)CN(CC=Cc1ccccc1)CC=Cc1ccccc1. The van der Waals surface area contributed by atoms with Crippen LogP contribution in [0.2, 0.25) is 0 Å². The Kier molecular flexibility index (Phi) is 7.35. The molecule has 0 atom stereocenters. The highest BCUT2D eigenvalue weighted by Crippen LogP contribution is 2.05. The predicted molar refractivity (Wildman–Crippen MR) is 102 cm³/mol. The van der Waals surface area contributed by atoms with Crippen molar-refractivity contribution in [1.29, 1.82) is 0 Å². The minimum atomic E-state index is 0.672. The van der Waals surface area contributed by atoms with Crippen LogP contribution in [0.1, 0.15) is 25.0 Å². The third-order valence-corrected chi connectivity index (χ3v) is 3.57. The lowest BCUT2D eigenvalue weighted by Gasteiger charge is -2.21. The molecule has 1 heteroatoms. The van der Waals surface area contributed by atoms with Crippen LogP contribution in [0.4, 0.5) is 0 Å². The van der Waals surface area contributed by atoms with Crippen LogP contribution in [-0.2, 0) is 0 Å². The minimum Gasteiger partial charge on any atom is -0.296 e. The molecule has 0 N–H and O–H groups in total. The van der Waals surface area contributed by atoms with Crippen molar-refractivity contribution in [3.8, 4) is 0 Å². The van der Waals surface area contributed by atoms with Gasteiger partial charge >= 0.3 is 0 Å². The Hall–Kier alpha value is -2.12. The van der Waals surface area contributed by atoms with Gasteiger partial charge in [0.05, 0.1) is 0 Å². The van der Waals surface area contributed by atoms with Crippen molar-refractivity contribution >= 4 is 12.2 Å². The van der Waals surface area contributed by atoms with Gasteiger partial charge < -0.3 is 0 Å². The summed E-state index contributed by atoms with van der Waals surface area (Å²) in [5, 5.41) is 0. The Labute approximate surface area is 141 Å². The maximum atomic E-state index is 2.48. The summed E-state index contributed by atoms with van der Waals surface area (Å²) in [4.78, 5) is 2.48. The molecule has 0 unspecified atom stereocenters.